The molecule has 0 bridgehead atoms. The zero-order valence-electron chi connectivity index (χ0n) is 18.8. The van der Waals surface area contributed by atoms with E-state index in [2.05, 4.69) is 10.3 Å². The van der Waals surface area contributed by atoms with Crippen molar-refractivity contribution in [3.8, 4) is 0 Å². The Morgan fingerprint density at radius 1 is 1.09 bits per heavy atom. The third-order valence-corrected chi connectivity index (χ3v) is 9.31. The van der Waals surface area contributed by atoms with Crippen molar-refractivity contribution >= 4 is 21.6 Å². The van der Waals surface area contributed by atoms with E-state index in [-0.39, 0.29) is 23.8 Å². The average molecular weight is 491 g/mol. The van der Waals surface area contributed by atoms with E-state index in [4.69, 9.17) is 0 Å². The summed E-state index contributed by atoms with van der Waals surface area (Å²) in [6.07, 6.45) is 6.80. The molecule has 1 saturated carbocycles. The van der Waals surface area contributed by atoms with E-state index in [1.54, 1.807) is 6.07 Å². The number of sulfonamides is 1. The fraction of sp³-hybridized carbons (Fsp3) is 0.500. The zero-order valence-corrected chi connectivity index (χ0v) is 19.7. The van der Waals surface area contributed by atoms with Gasteiger partial charge in [-0.2, -0.15) is 4.31 Å². The van der Waals surface area contributed by atoms with Gasteiger partial charge in [0.2, 0.25) is 15.9 Å². The van der Waals surface area contributed by atoms with Gasteiger partial charge in [0.25, 0.3) is 0 Å². The van der Waals surface area contributed by atoms with Gasteiger partial charge in [0.1, 0.15) is 11.9 Å². The van der Waals surface area contributed by atoms with E-state index in [1.807, 2.05) is 4.90 Å². The molecule has 1 aromatic heterocycles. The second kappa shape index (κ2) is 8.88. The maximum Gasteiger partial charge on any atom is 0.243 e. The van der Waals surface area contributed by atoms with Crippen LogP contribution in [0.3, 0.4) is 0 Å². The van der Waals surface area contributed by atoms with Gasteiger partial charge in [0.05, 0.1) is 29.0 Å². The second-order valence-corrected chi connectivity index (χ2v) is 11.5. The number of aromatic nitrogens is 1. The molecule has 0 radical (unpaired) electrons. The largest absolute Gasteiger partial charge is 0.369 e. The van der Waals surface area contributed by atoms with Crippen LogP contribution >= 0.6 is 0 Å². The van der Waals surface area contributed by atoms with Crippen LogP contribution in [-0.2, 0) is 21.4 Å². The lowest BCUT2D eigenvalue weighted by molar-refractivity contribution is -0.124. The Morgan fingerprint density at radius 3 is 2.47 bits per heavy atom. The van der Waals surface area contributed by atoms with E-state index in [0.717, 1.165) is 38.1 Å². The third kappa shape index (κ3) is 4.53. The van der Waals surface area contributed by atoms with Gasteiger partial charge in [0.15, 0.2) is 5.82 Å². The Hall–Kier alpha value is -2.59. The topological polar surface area (TPSA) is 82.6 Å². The number of benzene rings is 1. The SMILES string of the molecule is O=C(NCc1cc(N2CCC3(CC2)CC3)c(F)cn1)[C@@H]1CCCN1S(=O)(=O)c1ccc(F)cc1. The van der Waals surface area contributed by atoms with Gasteiger partial charge in [-0.1, -0.05) is 0 Å². The second-order valence-electron chi connectivity index (χ2n) is 9.56. The fourth-order valence-corrected chi connectivity index (χ4v) is 6.69. The average Bonchev–Trinajstić information content (AvgIpc) is 3.38. The van der Waals surface area contributed by atoms with Crippen molar-refractivity contribution in [2.24, 2.45) is 5.41 Å². The summed E-state index contributed by atoms with van der Waals surface area (Å²) >= 11 is 0. The molecule has 1 N–H and O–H groups in total. The van der Waals surface area contributed by atoms with Gasteiger partial charge in [0, 0.05) is 19.6 Å². The van der Waals surface area contributed by atoms with Gasteiger partial charge in [-0.15, -0.1) is 0 Å². The number of carbonyl (C=O) groups is 1. The van der Waals surface area contributed by atoms with E-state index < -0.39 is 27.8 Å². The summed E-state index contributed by atoms with van der Waals surface area (Å²) in [7, 11) is -3.93. The minimum absolute atomic E-state index is 0.0482. The first-order valence-corrected chi connectivity index (χ1v) is 13.2. The zero-order chi connectivity index (χ0) is 23.9. The molecule has 1 aliphatic carbocycles. The van der Waals surface area contributed by atoms with E-state index in [1.165, 1.54) is 35.5 Å². The lowest BCUT2D eigenvalue weighted by Gasteiger charge is -2.34. The quantitative estimate of drug-likeness (QED) is 0.673. The van der Waals surface area contributed by atoms with Crippen molar-refractivity contribution in [3.63, 3.8) is 0 Å². The Kier molecular flexibility index (Phi) is 6.05. The predicted molar refractivity (Wildman–Crippen MR) is 122 cm³/mol. The van der Waals surface area contributed by atoms with Gasteiger partial charge >= 0.3 is 0 Å². The van der Waals surface area contributed by atoms with Crippen molar-refractivity contribution in [3.05, 3.63) is 53.9 Å². The standard InChI is InChI=1S/C24H28F2N4O3S/c25-17-3-5-19(6-4-17)34(32,33)30-11-1-2-21(30)23(31)28-15-18-14-22(20(26)16-27-18)29-12-9-24(7-8-24)10-13-29/h3-6,14,16,21H,1-2,7-13,15H2,(H,28,31)/t21-/m0/s1. The number of hydrogen-bond donors (Lipinski definition) is 1. The molecule has 5 rings (SSSR count). The van der Waals surface area contributed by atoms with E-state index in [0.29, 0.717) is 29.6 Å². The lowest BCUT2D eigenvalue weighted by Crippen LogP contribution is -2.45. The summed E-state index contributed by atoms with van der Waals surface area (Å²) in [5, 5.41) is 2.77. The molecule has 10 heteroatoms. The molecule has 3 aliphatic rings. The summed E-state index contributed by atoms with van der Waals surface area (Å²) in [5.41, 5.74) is 1.50. The normalized spacial score (nSPS) is 22.2. The molecular formula is C24H28F2N4O3S. The first kappa shape index (κ1) is 23.2. The van der Waals surface area contributed by atoms with Crippen molar-refractivity contribution < 1.29 is 22.0 Å². The molecule has 34 heavy (non-hydrogen) atoms. The molecule has 0 unspecified atom stereocenters. The van der Waals surface area contributed by atoms with Crippen molar-refractivity contribution in [1.82, 2.24) is 14.6 Å². The summed E-state index contributed by atoms with van der Waals surface area (Å²) in [4.78, 5) is 19.0. The van der Waals surface area contributed by atoms with Crippen LogP contribution in [0, 0.1) is 17.0 Å². The van der Waals surface area contributed by atoms with Crippen LogP contribution in [0.5, 0.6) is 0 Å². The molecule has 2 aliphatic heterocycles. The molecule has 3 fully saturated rings. The Morgan fingerprint density at radius 2 is 1.79 bits per heavy atom. The first-order valence-electron chi connectivity index (χ1n) is 11.7. The van der Waals surface area contributed by atoms with Crippen molar-refractivity contribution in [2.45, 2.75) is 56.0 Å². The maximum atomic E-state index is 14.5. The Bertz CT molecular complexity index is 1180. The van der Waals surface area contributed by atoms with Crippen LogP contribution < -0.4 is 10.2 Å². The molecule has 1 aromatic carbocycles. The highest BCUT2D eigenvalue weighted by Gasteiger charge is 2.44. The number of nitrogens with zero attached hydrogens (tertiary/aromatic N) is 3. The van der Waals surface area contributed by atoms with Crippen LogP contribution in [0.15, 0.2) is 41.4 Å². The Labute approximate surface area is 198 Å². The lowest BCUT2D eigenvalue weighted by atomic mass is 9.93. The molecule has 2 aromatic rings. The van der Waals surface area contributed by atoms with Crippen LogP contribution in [0.2, 0.25) is 0 Å². The van der Waals surface area contributed by atoms with Crippen LogP contribution in [0.25, 0.3) is 0 Å². The first-order chi connectivity index (χ1) is 16.3. The molecule has 1 amide bonds. The number of amides is 1. The number of pyridine rings is 1. The van der Waals surface area contributed by atoms with Crippen LogP contribution in [0.4, 0.5) is 14.5 Å². The molecule has 7 nitrogen and oxygen atoms in total. The number of rotatable bonds is 6. The van der Waals surface area contributed by atoms with E-state index in [9.17, 15) is 22.0 Å². The highest BCUT2D eigenvalue weighted by Crippen LogP contribution is 2.54. The Balaban J connectivity index is 1.24. The van der Waals surface area contributed by atoms with Gasteiger partial charge in [-0.3, -0.25) is 9.78 Å². The van der Waals surface area contributed by atoms with Gasteiger partial charge in [-0.25, -0.2) is 17.2 Å². The highest BCUT2D eigenvalue weighted by molar-refractivity contribution is 7.89. The van der Waals surface area contributed by atoms with Gasteiger partial charge in [-0.05, 0) is 74.3 Å². The number of nitrogens with one attached hydrogen (secondary N) is 1. The minimum atomic E-state index is -3.93. The maximum absolute atomic E-state index is 14.5. The summed E-state index contributed by atoms with van der Waals surface area (Å²) in [5.74, 6) is -1.34. The third-order valence-electron chi connectivity index (χ3n) is 7.38. The number of carbonyl (C=O) groups excluding carboxylic acids is 1. The monoisotopic (exact) mass is 490 g/mol. The smallest absolute Gasteiger partial charge is 0.243 e. The number of hydrogen-bond acceptors (Lipinski definition) is 5. The summed E-state index contributed by atoms with van der Waals surface area (Å²) < 4.78 is 54.9. The van der Waals surface area contributed by atoms with Crippen molar-refractivity contribution in [2.75, 3.05) is 24.5 Å². The van der Waals surface area contributed by atoms with Crippen LogP contribution in [-0.4, -0.2) is 49.3 Å². The van der Waals surface area contributed by atoms with Crippen LogP contribution in [0.1, 0.15) is 44.2 Å². The molecule has 1 spiro atoms. The minimum Gasteiger partial charge on any atom is -0.369 e. The predicted octanol–water partition coefficient (Wildman–Crippen LogP) is 3.21. The summed E-state index contributed by atoms with van der Waals surface area (Å²) in [6, 6.07) is 5.39. The molecule has 182 valence electrons. The van der Waals surface area contributed by atoms with Gasteiger partial charge < -0.3 is 10.2 Å². The van der Waals surface area contributed by atoms with E-state index >= 15 is 0 Å². The number of anilines is 1. The molecule has 1 atom stereocenters. The molecular weight excluding hydrogens is 462 g/mol. The van der Waals surface area contributed by atoms with Crippen molar-refractivity contribution in [1.29, 1.82) is 0 Å². The summed E-state index contributed by atoms with van der Waals surface area (Å²) in [6.45, 7) is 1.91. The number of piperidine rings is 1. The fourth-order valence-electron chi connectivity index (χ4n) is 5.03. The molecule has 2 saturated heterocycles. The highest BCUT2D eigenvalue weighted by atomic mass is 32.2. The molecule has 3 heterocycles. The number of halogens is 2.